The van der Waals surface area contributed by atoms with Gasteiger partial charge in [-0.05, 0) is 42.3 Å². The molecular formula is C18H18ClN3OS. The van der Waals surface area contributed by atoms with Crippen LogP contribution >= 0.6 is 23.4 Å². The Bertz CT molecular complexity index is 878. The third-order valence-electron chi connectivity index (χ3n) is 3.68. The monoisotopic (exact) mass is 359 g/mol. The first-order valence-electron chi connectivity index (χ1n) is 7.59. The molecule has 1 aromatic heterocycles. The minimum Gasteiger partial charge on any atom is -0.341 e. The van der Waals surface area contributed by atoms with Crippen LogP contribution in [0.2, 0.25) is 5.02 Å². The van der Waals surface area contributed by atoms with Gasteiger partial charge in [0, 0.05) is 18.6 Å². The van der Waals surface area contributed by atoms with E-state index in [4.69, 9.17) is 11.6 Å². The number of H-pyrrole nitrogens is 1. The van der Waals surface area contributed by atoms with E-state index in [0.29, 0.717) is 17.3 Å². The fourth-order valence-electron chi connectivity index (χ4n) is 2.41. The molecule has 0 saturated heterocycles. The Balaban J connectivity index is 1.59. The third kappa shape index (κ3) is 4.10. The molecule has 124 valence electrons. The van der Waals surface area contributed by atoms with E-state index in [1.807, 2.05) is 43.3 Å². The van der Waals surface area contributed by atoms with E-state index in [2.05, 4.69) is 16.0 Å². The average molecular weight is 360 g/mol. The normalized spacial score (nSPS) is 11.0. The first-order chi connectivity index (χ1) is 11.5. The van der Waals surface area contributed by atoms with Gasteiger partial charge in [-0.25, -0.2) is 4.98 Å². The summed E-state index contributed by atoms with van der Waals surface area (Å²) in [7, 11) is 1.80. The molecule has 4 nitrogen and oxygen atoms in total. The van der Waals surface area contributed by atoms with E-state index in [-0.39, 0.29) is 5.91 Å². The molecule has 0 atom stereocenters. The van der Waals surface area contributed by atoms with Crippen molar-refractivity contribution in [3.8, 4) is 0 Å². The highest BCUT2D eigenvalue weighted by molar-refractivity contribution is 7.99. The second-order valence-electron chi connectivity index (χ2n) is 5.73. The first kappa shape index (κ1) is 16.9. The zero-order valence-corrected chi connectivity index (χ0v) is 15.1. The van der Waals surface area contributed by atoms with Gasteiger partial charge in [-0.3, -0.25) is 4.79 Å². The summed E-state index contributed by atoms with van der Waals surface area (Å²) in [4.78, 5) is 21.8. The predicted molar refractivity (Wildman–Crippen MR) is 99.5 cm³/mol. The number of imidazole rings is 1. The van der Waals surface area contributed by atoms with E-state index in [1.54, 1.807) is 11.9 Å². The van der Waals surface area contributed by atoms with Crippen molar-refractivity contribution in [1.82, 2.24) is 14.9 Å². The molecule has 2 aromatic carbocycles. The van der Waals surface area contributed by atoms with Crippen LogP contribution in [0.3, 0.4) is 0 Å². The number of amides is 1. The van der Waals surface area contributed by atoms with Crippen molar-refractivity contribution < 1.29 is 4.79 Å². The minimum atomic E-state index is 0.0524. The number of carbonyl (C=O) groups is 1. The lowest BCUT2D eigenvalue weighted by Gasteiger charge is -2.16. The SMILES string of the molecule is Cc1ccc2nc(SCC(=O)N(C)Cc3cccc(Cl)c3)[nH]c2c1. The van der Waals surface area contributed by atoms with Crippen molar-refractivity contribution in [2.24, 2.45) is 0 Å². The van der Waals surface area contributed by atoms with E-state index in [9.17, 15) is 4.79 Å². The zero-order valence-electron chi connectivity index (χ0n) is 13.5. The van der Waals surface area contributed by atoms with Gasteiger partial charge in [0.15, 0.2) is 5.16 Å². The number of hydrogen-bond donors (Lipinski definition) is 1. The topological polar surface area (TPSA) is 49.0 Å². The van der Waals surface area contributed by atoms with Gasteiger partial charge in [0.05, 0.1) is 16.8 Å². The van der Waals surface area contributed by atoms with Crippen LogP contribution in [0.15, 0.2) is 47.6 Å². The second-order valence-corrected chi connectivity index (χ2v) is 7.13. The Morgan fingerprint density at radius 3 is 2.92 bits per heavy atom. The minimum absolute atomic E-state index is 0.0524. The van der Waals surface area contributed by atoms with E-state index >= 15 is 0 Å². The molecule has 0 radical (unpaired) electrons. The fourth-order valence-corrected chi connectivity index (χ4v) is 3.44. The number of fused-ring (bicyclic) bond motifs is 1. The molecule has 1 heterocycles. The molecule has 1 N–H and O–H groups in total. The van der Waals surface area contributed by atoms with Crippen LogP contribution in [0.4, 0.5) is 0 Å². The highest BCUT2D eigenvalue weighted by Gasteiger charge is 2.12. The number of aromatic nitrogens is 2. The van der Waals surface area contributed by atoms with Crippen LogP contribution in [-0.2, 0) is 11.3 Å². The van der Waals surface area contributed by atoms with Crippen molar-refractivity contribution in [3.63, 3.8) is 0 Å². The smallest absolute Gasteiger partial charge is 0.233 e. The van der Waals surface area contributed by atoms with Crippen molar-refractivity contribution >= 4 is 40.3 Å². The average Bonchev–Trinajstić information content (AvgIpc) is 2.94. The summed E-state index contributed by atoms with van der Waals surface area (Å²) in [5.74, 6) is 0.396. The maximum atomic E-state index is 12.3. The largest absolute Gasteiger partial charge is 0.341 e. The first-order valence-corrected chi connectivity index (χ1v) is 8.95. The molecule has 6 heteroatoms. The number of halogens is 1. The molecule has 0 aliphatic heterocycles. The summed E-state index contributed by atoms with van der Waals surface area (Å²) < 4.78 is 0. The number of thioether (sulfide) groups is 1. The number of aromatic amines is 1. The summed E-state index contributed by atoms with van der Waals surface area (Å²) in [6.45, 7) is 2.58. The molecule has 0 aliphatic rings. The molecule has 0 unspecified atom stereocenters. The van der Waals surface area contributed by atoms with Crippen LogP contribution in [0.25, 0.3) is 11.0 Å². The van der Waals surface area contributed by atoms with Gasteiger partial charge < -0.3 is 9.88 Å². The molecule has 3 rings (SSSR count). The maximum Gasteiger partial charge on any atom is 0.233 e. The van der Waals surface area contributed by atoms with Crippen molar-refractivity contribution in [2.75, 3.05) is 12.8 Å². The van der Waals surface area contributed by atoms with Crippen molar-refractivity contribution in [3.05, 3.63) is 58.6 Å². The number of aryl methyl sites for hydroxylation is 1. The Morgan fingerprint density at radius 2 is 2.12 bits per heavy atom. The lowest BCUT2D eigenvalue weighted by Crippen LogP contribution is -2.27. The Morgan fingerprint density at radius 1 is 1.29 bits per heavy atom. The number of benzene rings is 2. The van der Waals surface area contributed by atoms with Crippen LogP contribution in [0.1, 0.15) is 11.1 Å². The van der Waals surface area contributed by atoms with Gasteiger partial charge in [0.2, 0.25) is 5.91 Å². The highest BCUT2D eigenvalue weighted by atomic mass is 35.5. The van der Waals surface area contributed by atoms with Gasteiger partial charge >= 0.3 is 0 Å². The fraction of sp³-hybridized carbons (Fsp3) is 0.222. The number of hydrogen-bond acceptors (Lipinski definition) is 3. The molecule has 0 aliphatic carbocycles. The Hall–Kier alpha value is -1.98. The summed E-state index contributed by atoms with van der Waals surface area (Å²) in [6.07, 6.45) is 0. The van der Waals surface area contributed by atoms with Crippen molar-refractivity contribution in [2.45, 2.75) is 18.6 Å². The maximum absolute atomic E-state index is 12.3. The van der Waals surface area contributed by atoms with Crippen molar-refractivity contribution in [1.29, 1.82) is 0 Å². The quantitative estimate of drug-likeness (QED) is 0.692. The molecular weight excluding hydrogens is 342 g/mol. The molecule has 0 fully saturated rings. The number of nitrogens with one attached hydrogen (secondary N) is 1. The van der Waals surface area contributed by atoms with Gasteiger partial charge in [-0.1, -0.05) is 41.6 Å². The van der Waals surface area contributed by atoms with Crippen LogP contribution in [0, 0.1) is 6.92 Å². The van der Waals surface area contributed by atoms with E-state index in [1.165, 1.54) is 17.3 Å². The van der Waals surface area contributed by atoms with Gasteiger partial charge in [-0.2, -0.15) is 0 Å². The predicted octanol–water partition coefficient (Wildman–Crippen LogP) is 4.28. The summed E-state index contributed by atoms with van der Waals surface area (Å²) in [5.41, 5.74) is 4.11. The molecule has 0 saturated carbocycles. The van der Waals surface area contributed by atoms with Gasteiger partial charge in [0.1, 0.15) is 0 Å². The summed E-state index contributed by atoms with van der Waals surface area (Å²) in [5, 5.41) is 1.44. The molecule has 0 bridgehead atoms. The standard InChI is InChI=1S/C18H18ClN3OS/c1-12-6-7-15-16(8-12)21-18(20-15)24-11-17(23)22(2)10-13-4-3-5-14(19)9-13/h3-9H,10-11H2,1-2H3,(H,20,21). The Kier molecular flexibility index (Phi) is 5.11. The van der Waals surface area contributed by atoms with E-state index < -0.39 is 0 Å². The van der Waals surface area contributed by atoms with Crippen LogP contribution in [0.5, 0.6) is 0 Å². The highest BCUT2D eigenvalue weighted by Crippen LogP contribution is 2.21. The van der Waals surface area contributed by atoms with Gasteiger partial charge in [0.25, 0.3) is 0 Å². The zero-order chi connectivity index (χ0) is 17.1. The molecule has 0 spiro atoms. The summed E-state index contributed by atoms with van der Waals surface area (Å²) in [6, 6.07) is 13.6. The summed E-state index contributed by atoms with van der Waals surface area (Å²) >= 11 is 7.40. The van der Waals surface area contributed by atoms with Crippen LogP contribution in [-0.4, -0.2) is 33.6 Å². The number of rotatable bonds is 5. The second kappa shape index (κ2) is 7.28. The van der Waals surface area contributed by atoms with E-state index in [0.717, 1.165) is 21.8 Å². The third-order valence-corrected chi connectivity index (χ3v) is 4.78. The number of nitrogens with zero attached hydrogens (tertiary/aromatic N) is 2. The Labute approximate surface area is 150 Å². The lowest BCUT2D eigenvalue weighted by atomic mass is 10.2. The van der Waals surface area contributed by atoms with Gasteiger partial charge in [-0.15, -0.1) is 0 Å². The molecule has 1 amide bonds. The molecule has 3 aromatic rings. The van der Waals surface area contributed by atoms with Crippen LogP contribution < -0.4 is 0 Å². The number of carbonyl (C=O) groups excluding carboxylic acids is 1. The lowest BCUT2D eigenvalue weighted by molar-refractivity contribution is -0.127. The molecule has 24 heavy (non-hydrogen) atoms.